The van der Waals surface area contributed by atoms with Gasteiger partial charge in [-0.3, -0.25) is 14.3 Å². The van der Waals surface area contributed by atoms with Gasteiger partial charge in [0.05, 0.1) is 29.9 Å². The summed E-state index contributed by atoms with van der Waals surface area (Å²) in [5.41, 5.74) is 4.31. The standard InChI is InChI=1S/C26H26N4O2S/c1-18(2)25-27-28-26(29(25)16-21-10-7-15-32-21)33-17-24(31)30-22-11-5-3-8-19(22)13-14-20-9-4-6-12-23(20)30/h3-12,15,18H,13-14,16-17H2,1-2H3. The lowest BCUT2D eigenvalue weighted by Gasteiger charge is -2.25. The lowest BCUT2D eigenvalue weighted by molar-refractivity contribution is -0.115. The minimum atomic E-state index is 0.0282. The Hall–Kier alpha value is -3.32. The Morgan fingerprint density at radius 3 is 2.24 bits per heavy atom. The first kappa shape index (κ1) is 21.5. The van der Waals surface area contributed by atoms with Gasteiger partial charge in [-0.1, -0.05) is 62.0 Å². The highest BCUT2D eigenvalue weighted by molar-refractivity contribution is 7.99. The van der Waals surface area contributed by atoms with Gasteiger partial charge in [-0.25, -0.2) is 0 Å². The van der Waals surface area contributed by atoms with Gasteiger partial charge in [-0.15, -0.1) is 10.2 Å². The zero-order valence-electron chi connectivity index (χ0n) is 18.8. The van der Waals surface area contributed by atoms with Crippen LogP contribution in [-0.4, -0.2) is 26.4 Å². The van der Waals surface area contributed by atoms with Crippen LogP contribution in [-0.2, 0) is 24.2 Å². The molecule has 0 unspecified atom stereocenters. The van der Waals surface area contributed by atoms with Gasteiger partial charge in [0.1, 0.15) is 11.6 Å². The highest BCUT2D eigenvalue weighted by atomic mass is 32.2. The molecule has 0 radical (unpaired) electrons. The molecule has 1 aliphatic heterocycles. The van der Waals surface area contributed by atoms with Gasteiger partial charge in [0, 0.05) is 5.92 Å². The van der Waals surface area contributed by atoms with Crippen LogP contribution in [0.2, 0.25) is 0 Å². The summed E-state index contributed by atoms with van der Waals surface area (Å²) in [5.74, 6) is 2.21. The number of furan rings is 1. The van der Waals surface area contributed by atoms with Crippen molar-refractivity contribution >= 4 is 29.0 Å². The van der Waals surface area contributed by atoms with E-state index >= 15 is 0 Å². The van der Waals surface area contributed by atoms with Crippen LogP contribution in [0.25, 0.3) is 0 Å². The molecule has 0 atom stereocenters. The van der Waals surface area contributed by atoms with Crippen molar-refractivity contribution < 1.29 is 9.21 Å². The maximum absolute atomic E-state index is 13.6. The topological polar surface area (TPSA) is 64.2 Å². The molecule has 0 spiro atoms. The summed E-state index contributed by atoms with van der Waals surface area (Å²) >= 11 is 1.42. The first-order valence-corrected chi connectivity index (χ1v) is 12.2. The fraction of sp³-hybridized carbons (Fsp3) is 0.269. The molecule has 1 aliphatic rings. The molecule has 33 heavy (non-hydrogen) atoms. The van der Waals surface area contributed by atoms with Gasteiger partial charge in [0.15, 0.2) is 5.16 Å². The van der Waals surface area contributed by atoms with E-state index in [1.807, 2.05) is 58.0 Å². The van der Waals surface area contributed by atoms with Crippen molar-refractivity contribution in [3.8, 4) is 0 Å². The van der Waals surface area contributed by atoms with E-state index < -0.39 is 0 Å². The van der Waals surface area contributed by atoms with Crippen LogP contribution in [0.3, 0.4) is 0 Å². The molecule has 3 heterocycles. The number of amides is 1. The highest BCUT2D eigenvalue weighted by Gasteiger charge is 2.26. The van der Waals surface area contributed by atoms with E-state index in [-0.39, 0.29) is 17.6 Å². The fourth-order valence-electron chi connectivity index (χ4n) is 4.28. The van der Waals surface area contributed by atoms with Crippen LogP contribution in [0, 0.1) is 0 Å². The van der Waals surface area contributed by atoms with Crippen LogP contribution in [0.1, 0.15) is 42.5 Å². The molecule has 168 valence electrons. The van der Waals surface area contributed by atoms with Crippen LogP contribution in [0.15, 0.2) is 76.5 Å². The minimum Gasteiger partial charge on any atom is -0.467 e. The van der Waals surface area contributed by atoms with E-state index in [2.05, 4.69) is 36.2 Å². The Labute approximate surface area is 197 Å². The number of rotatable bonds is 6. The number of hydrogen-bond acceptors (Lipinski definition) is 5. The number of thioether (sulfide) groups is 1. The molecule has 0 saturated carbocycles. The highest BCUT2D eigenvalue weighted by Crippen LogP contribution is 2.36. The lowest BCUT2D eigenvalue weighted by Crippen LogP contribution is -2.28. The predicted molar refractivity (Wildman–Crippen MR) is 130 cm³/mol. The minimum absolute atomic E-state index is 0.0282. The molecule has 7 heteroatoms. The Balaban J connectivity index is 1.43. The number of nitrogens with zero attached hydrogens (tertiary/aromatic N) is 4. The van der Waals surface area contributed by atoms with Gasteiger partial charge < -0.3 is 4.42 Å². The van der Waals surface area contributed by atoms with Gasteiger partial charge in [0.25, 0.3) is 0 Å². The van der Waals surface area contributed by atoms with Crippen molar-refractivity contribution in [2.24, 2.45) is 0 Å². The van der Waals surface area contributed by atoms with E-state index in [0.717, 1.165) is 41.0 Å². The summed E-state index contributed by atoms with van der Waals surface area (Å²) in [5, 5.41) is 9.53. The number of carbonyl (C=O) groups excluding carboxylic acids is 1. The molecule has 5 rings (SSSR count). The third kappa shape index (κ3) is 4.33. The second kappa shape index (κ2) is 9.27. The third-order valence-corrected chi connectivity index (χ3v) is 6.81. The summed E-state index contributed by atoms with van der Waals surface area (Å²) in [4.78, 5) is 15.5. The van der Waals surface area contributed by atoms with E-state index in [4.69, 9.17) is 4.42 Å². The zero-order chi connectivity index (χ0) is 22.8. The van der Waals surface area contributed by atoms with E-state index in [0.29, 0.717) is 6.54 Å². The molecule has 0 N–H and O–H groups in total. The number of anilines is 2. The molecule has 0 saturated heterocycles. The van der Waals surface area contributed by atoms with E-state index in [1.54, 1.807) is 6.26 Å². The van der Waals surface area contributed by atoms with Crippen molar-refractivity contribution in [3.05, 3.63) is 89.6 Å². The molecule has 2 aromatic carbocycles. The second-order valence-electron chi connectivity index (χ2n) is 8.44. The Kier molecular flexibility index (Phi) is 6.05. The molecule has 1 amide bonds. The molecule has 4 aromatic rings. The number of carbonyl (C=O) groups is 1. The molecule has 0 fully saturated rings. The van der Waals surface area contributed by atoms with E-state index in [1.165, 1.54) is 22.9 Å². The molecule has 6 nitrogen and oxygen atoms in total. The summed E-state index contributed by atoms with van der Waals surface area (Å²) in [6.45, 7) is 4.72. The Bertz CT molecular complexity index is 1220. The quantitative estimate of drug-likeness (QED) is 0.352. The van der Waals surface area contributed by atoms with Crippen LogP contribution in [0.5, 0.6) is 0 Å². The van der Waals surface area contributed by atoms with Crippen LogP contribution in [0.4, 0.5) is 11.4 Å². The first-order valence-electron chi connectivity index (χ1n) is 11.2. The van der Waals surface area contributed by atoms with Crippen molar-refractivity contribution in [2.45, 2.75) is 44.3 Å². The molecular formula is C26H26N4O2S. The second-order valence-corrected chi connectivity index (χ2v) is 9.38. The van der Waals surface area contributed by atoms with Gasteiger partial charge >= 0.3 is 0 Å². The maximum atomic E-state index is 13.6. The SMILES string of the molecule is CC(C)c1nnc(SCC(=O)N2c3ccccc3CCc3ccccc32)n1Cc1ccco1. The number of aromatic nitrogens is 3. The number of fused-ring (bicyclic) bond motifs is 2. The summed E-state index contributed by atoms with van der Waals surface area (Å²) in [6.07, 6.45) is 3.50. The predicted octanol–water partition coefficient (Wildman–Crippen LogP) is 5.60. The van der Waals surface area contributed by atoms with Crippen molar-refractivity contribution in [1.82, 2.24) is 14.8 Å². The van der Waals surface area contributed by atoms with Gasteiger partial charge in [-0.05, 0) is 48.2 Å². The lowest BCUT2D eigenvalue weighted by atomic mass is 10.0. The van der Waals surface area contributed by atoms with Crippen LogP contribution >= 0.6 is 11.8 Å². The average molecular weight is 459 g/mol. The molecular weight excluding hydrogens is 432 g/mol. The summed E-state index contributed by atoms with van der Waals surface area (Å²) < 4.78 is 7.60. The first-order chi connectivity index (χ1) is 16.1. The van der Waals surface area contributed by atoms with Gasteiger partial charge in [0.2, 0.25) is 5.91 Å². The third-order valence-electron chi connectivity index (χ3n) is 5.86. The average Bonchev–Trinajstić information content (AvgIpc) is 3.44. The molecule has 2 aromatic heterocycles. The Morgan fingerprint density at radius 1 is 0.970 bits per heavy atom. The molecule has 0 aliphatic carbocycles. The van der Waals surface area contributed by atoms with Crippen LogP contribution < -0.4 is 4.90 Å². The number of hydrogen-bond donors (Lipinski definition) is 0. The number of aryl methyl sites for hydroxylation is 2. The number of benzene rings is 2. The smallest absolute Gasteiger partial charge is 0.242 e. The fourth-order valence-corrected chi connectivity index (χ4v) is 5.07. The maximum Gasteiger partial charge on any atom is 0.242 e. The number of para-hydroxylation sites is 2. The zero-order valence-corrected chi connectivity index (χ0v) is 19.6. The monoisotopic (exact) mass is 458 g/mol. The molecule has 0 bridgehead atoms. The van der Waals surface area contributed by atoms with Crippen molar-refractivity contribution in [2.75, 3.05) is 10.7 Å². The normalized spacial score (nSPS) is 13.0. The van der Waals surface area contributed by atoms with Crippen molar-refractivity contribution in [1.29, 1.82) is 0 Å². The van der Waals surface area contributed by atoms with Crippen molar-refractivity contribution in [3.63, 3.8) is 0 Å². The largest absolute Gasteiger partial charge is 0.467 e. The summed E-state index contributed by atoms with van der Waals surface area (Å²) in [6, 6.07) is 20.2. The Morgan fingerprint density at radius 2 is 1.64 bits per heavy atom. The van der Waals surface area contributed by atoms with E-state index in [9.17, 15) is 4.79 Å². The summed E-state index contributed by atoms with van der Waals surface area (Å²) in [7, 11) is 0. The van der Waals surface area contributed by atoms with Gasteiger partial charge in [-0.2, -0.15) is 0 Å².